The van der Waals surface area contributed by atoms with Gasteiger partial charge in [0.05, 0.1) is 6.54 Å². The summed E-state index contributed by atoms with van der Waals surface area (Å²) in [6.45, 7) is 0.132. The van der Waals surface area contributed by atoms with Crippen LogP contribution >= 0.6 is 0 Å². The Hall–Kier alpha value is -3.04. The van der Waals surface area contributed by atoms with E-state index in [2.05, 4.69) is 22.2 Å². The topological polar surface area (TPSA) is 79.0 Å². The summed E-state index contributed by atoms with van der Waals surface area (Å²) in [6.07, 6.45) is 0.789. The predicted molar refractivity (Wildman–Crippen MR) is 84.6 cm³/mol. The maximum Gasteiger partial charge on any atom is 0.336 e. The molecule has 3 rings (SSSR count). The Kier molecular flexibility index (Phi) is 3.90. The van der Waals surface area contributed by atoms with Gasteiger partial charge in [-0.1, -0.05) is 41.5 Å². The molecule has 0 saturated carbocycles. The third-order valence-corrected chi connectivity index (χ3v) is 3.45. The minimum atomic E-state index is -0.438. The molecule has 22 heavy (non-hydrogen) atoms. The molecule has 0 aliphatic heterocycles. The first kappa shape index (κ1) is 13.9. The van der Waals surface area contributed by atoms with Crippen molar-refractivity contribution in [1.82, 2.24) is 0 Å². The van der Waals surface area contributed by atoms with Crippen molar-refractivity contribution in [3.8, 4) is 0 Å². The Bertz CT molecular complexity index is 910. The summed E-state index contributed by atoms with van der Waals surface area (Å²) in [5, 5.41) is 4.35. The van der Waals surface area contributed by atoms with E-state index in [1.165, 1.54) is 11.6 Å². The molecule has 0 bridgehead atoms. The summed E-state index contributed by atoms with van der Waals surface area (Å²) < 4.78 is 5.20. The van der Waals surface area contributed by atoms with Gasteiger partial charge in [0, 0.05) is 16.4 Å². The highest BCUT2D eigenvalue weighted by atomic mass is 16.4. The van der Waals surface area contributed by atoms with E-state index >= 15 is 0 Å². The molecule has 5 nitrogen and oxygen atoms in total. The van der Waals surface area contributed by atoms with Gasteiger partial charge in [0.2, 0.25) is 0 Å². The molecule has 0 aliphatic rings. The molecule has 0 radical (unpaired) electrons. The van der Waals surface area contributed by atoms with E-state index in [0.29, 0.717) is 11.1 Å². The van der Waals surface area contributed by atoms with Crippen LogP contribution in [-0.2, 0) is 13.0 Å². The summed E-state index contributed by atoms with van der Waals surface area (Å²) >= 11 is 0. The van der Waals surface area contributed by atoms with Gasteiger partial charge in [0.25, 0.3) is 0 Å². The van der Waals surface area contributed by atoms with Crippen LogP contribution < -0.4 is 5.63 Å². The van der Waals surface area contributed by atoms with Crippen LogP contribution in [0, 0.1) is 0 Å². The second-order valence-electron chi connectivity index (χ2n) is 4.97. The highest BCUT2D eigenvalue weighted by Gasteiger charge is 2.06. The van der Waals surface area contributed by atoms with Crippen molar-refractivity contribution in [1.29, 1.82) is 0 Å². The molecular formula is C17H13N3O2. The normalized spacial score (nSPS) is 10.4. The highest BCUT2D eigenvalue weighted by molar-refractivity contribution is 5.81. The zero-order chi connectivity index (χ0) is 15.4. The van der Waals surface area contributed by atoms with E-state index in [9.17, 15) is 4.79 Å². The van der Waals surface area contributed by atoms with Crippen molar-refractivity contribution in [3.05, 3.63) is 92.2 Å². The van der Waals surface area contributed by atoms with Crippen LogP contribution in [0.25, 0.3) is 21.4 Å². The lowest BCUT2D eigenvalue weighted by molar-refractivity contribution is 0.559. The summed E-state index contributed by atoms with van der Waals surface area (Å²) in [5.41, 5.74) is 11.5. The number of benzene rings is 2. The number of rotatable bonds is 4. The van der Waals surface area contributed by atoms with Crippen molar-refractivity contribution >= 4 is 11.0 Å². The standard InChI is InChI=1S/C17H13N3O2/c18-20-19-11-14-10-17(21)22-16-7-6-13(9-15(14)16)8-12-4-2-1-3-5-12/h1-7,9-10H,8,11H2. The SMILES string of the molecule is [N-]=[N+]=NCc1cc(=O)oc2ccc(Cc3ccccc3)cc12. The van der Waals surface area contributed by atoms with E-state index in [4.69, 9.17) is 9.95 Å². The predicted octanol–water partition coefficient (Wildman–Crippen LogP) is 4.19. The second kappa shape index (κ2) is 6.16. The van der Waals surface area contributed by atoms with E-state index in [-0.39, 0.29) is 6.54 Å². The molecule has 3 aromatic rings. The first-order valence-electron chi connectivity index (χ1n) is 6.87. The van der Waals surface area contributed by atoms with Crippen LogP contribution in [0.2, 0.25) is 0 Å². The number of hydrogen-bond acceptors (Lipinski definition) is 3. The maximum atomic E-state index is 11.5. The van der Waals surface area contributed by atoms with Gasteiger partial charge in [-0.3, -0.25) is 0 Å². The molecule has 0 spiro atoms. The molecule has 0 saturated heterocycles. The van der Waals surface area contributed by atoms with Gasteiger partial charge in [-0.2, -0.15) is 0 Å². The Morgan fingerprint density at radius 2 is 1.86 bits per heavy atom. The molecule has 108 valence electrons. The Morgan fingerprint density at radius 1 is 1.05 bits per heavy atom. The van der Waals surface area contributed by atoms with Crippen LogP contribution in [0.15, 0.2) is 68.9 Å². The van der Waals surface area contributed by atoms with Gasteiger partial charge in [-0.15, -0.1) is 0 Å². The third-order valence-electron chi connectivity index (χ3n) is 3.45. The van der Waals surface area contributed by atoms with Gasteiger partial charge in [-0.25, -0.2) is 4.79 Å². The molecular weight excluding hydrogens is 278 g/mol. The van der Waals surface area contributed by atoms with Crippen molar-refractivity contribution in [2.45, 2.75) is 13.0 Å². The molecule has 2 aromatic carbocycles. The van der Waals surface area contributed by atoms with Crippen LogP contribution in [-0.4, -0.2) is 0 Å². The monoisotopic (exact) mass is 291 g/mol. The minimum Gasteiger partial charge on any atom is -0.423 e. The van der Waals surface area contributed by atoms with Gasteiger partial charge in [0.15, 0.2) is 0 Å². The fourth-order valence-corrected chi connectivity index (χ4v) is 2.46. The summed E-state index contributed by atoms with van der Waals surface area (Å²) in [5.74, 6) is 0. The van der Waals surface area contributed by atoms with E-state index in [1.54, 1.807) is 6.07 Å². The molecule has 0 fully saturated rings. The Balaban J connectivity index is 2.05. The first-order chi connectivity index (χ1) is 10.8. The lowest BCUT2D eigenvalue weighted by atomic mass is 10.0. The molecule has 0 N–H and O–H groups in total. The molecule has 0 atom stereocenters. The van der Waals surface area contributed by atoms with Crippen molar-refractivity contribution in [2.75, 3.05) is 0 Å². The Labute approximate surface area is 126 Å². The van der Waals surface area contributed by atoms with Crippen LogP contribution in [0.5, 0.6) is 0 Å². The molecule has 0 amide bonds. The van der Waals surface area contributed by atoms with E-state index < -0.39 is 5.63 Å². The summed E-state index contributed by atoms with van der Waals surface area (Å²) in [4.78, 5) is 14.3. The minimum absolute atomic E-state index is 0.132. The van der Waals surface area contributed by atoms with Crippen LogP contribution in [0.1, 0.15) is 16.7 Å². The largest absolute Gasteiger partial charge is 0.423 e. The zero-order valence-corrected chi connectivity index (χ0v) is 11.8. The fourth-order valence-electron chi connectivity index (χ4n) is 2.46. The fraction of sp³-hybridized carbons (Fsp3) is 0.118. The van der Waals surface area contributed by atoms with Crippen molar-refractivity contribution < 1.29 is 4.42 Å². The summed E-state index contributed by atoms with van der Waals surface area (Å²) in [7, 11) is 0. The summed E-state index contributed by atoms with van der Waals surface area (Å²) in [6, 6.07) is 17.2. The number of fused-ring (bicyclic) bond motifs is 1. The van der Waals surface area contributed by atoms with Crippen LogP contribution in [0.3, 0.4) is 0 Å². The third kappa shape index (κ3) is 3.00. The Morgan fingerprint density at radius 3 is 2.64 bits per heavy atom. The molecule has 5 heteroatoms. The average molecular weight is 291 g/mol. The molecule has 1 heterocycles. The van der Waals surface area contributed by atoms with Gasteiger partial charge in [0.1, 0.15) is 5.58 Å². The smallest absolute Gasteiger partial charge is 0.336 e. The van der Waals surface area contributed by atoms with Crippen LogP contribution in [0.4, 0.5) is 0 Å². The number of azide groups is 1. The highest BCUT2D eigenvalue weighted by Crippen LogP contribution is 2.21. The lowest BCUT2D eigenvalue weighted by Crippen LogP contribution is -2.00. The van der Waals surface area contributed by atoms with Crippen molar-refractivity contribution in [3.63, 3.8) is 0 Å². The molecule has 0 aliphatic carbocycles. The zero-order valence-electron chi connectivity index (χ0n) is 11.8. The lowest BCUT2D eigenvalue weighted by Gasteiger charge is -2.06. The van der Waals surface area contributed by atoms with Gasteiger partial charge in [-0.05, 0) is 40.8 Å². The maximum absolute atomic E-state index is 11.5. The molecule has 0 unspecified atom stereocenters. The quantitative estimate of drug-likeness (QED) is 0.312. The van der Waals surface area contributed by atoms with Gasteiger partial charge < -0.3 is 4.42 Å². The van der Waals surface area contributed by atoms with E-state index in [1.807, 2.05) is 30.3 Å². The molecule has 1 aromatic heterocycles. The van der Waals surface area contributed by atoms with Crippen molar-refractivity contribution in [2.24, 2.45) is 5.11 Å². The second-order valence-corrected chi connectivity index (χ2v) is 4.97. The first-order valence-corrected chi connectivity index (χ1v) is 6.87. The van der Waals surface area contributed by atoms with Gasteiger partial charge >= 0.3 is 5.63 Å². The van der Waals surface area contributed by atoms with E-state index in [0.717, 1.165) is 17.4 Å². The number of nitrogens with zero attached hydrogens (tertiary/aromatic N) is 3. The average Bonchev–Trinajstić information content (AvgIpc) is 2.54. The number of hydrogen-bond donors (Lipinski definition) is 0.